The summed E-state index contributed by atoms with van der Waals surface area (Å²) >= 11 is 6.01. The molecule has 0 bridgehead atoms. The van der Waals surface area contributed by atoms with Crippen LogP contribution in [0.1, 0.15) is 27.6 Å². The molecular weight excluding hydrogens is 561 g/mol. The highest BCUT2D eigenvalue weighted by Gasteiger charge is 2.16. The van der Waals surface area contributed by atoms with Crippen LogP contribution in [0.4, 0.5) is 0 Å². The molecule has 1 aromatic heterocycles. The Bertz CT molecular complexity index is 1370. The number of carbonyl (C=O) groups excluding carboxylic acids is 1. The molecule has 0 aliphatic rings. The number of hydrogen-bond donors (Lipinski definition) is 3. The third-order valence-corrected chi connectivity index (χ3v) is 6.29. The molecular formula is C29H32Cl3N3O4. The van der Waals surface area contributed by atoms with Crippen LogP contribution in [-0.2, 0) is 6.42 Å². The van der Waals surface area contributed by atoms with Gasteiger partial charge in [0.2, 0.25) is 0 Å². The smallest absolute Gasteiger partial charge is 0.255 e. The number of aromatic nitrogens is 1. The van der Waals surface area contributed by atoms with Gasteiger partial charge in [-0.25, -0.2) is 0 Å². The summed E-state index contributed by atoms with van der Waals surface area (Å²) in [5, 5.41) is 24.8. The van der Waals surface area contributed by atoms with Crippen molar-refractivity contribution in [1.82, 2.24) is 15.2 Å². The number of nitrogens with zero attached hydrogens (tertiary/aromatic N) is 2. The van der Waals surface area contributed by atoms with Gasteiger partial charge in [-0.3, -0.25) is 9.78 Å². The number of rotatable bonds is 10. The van der Waals surface area contributed by atoms with Gasteiger partial charge in [0, 0.05) is 43.3 Å². The number of aliphatic hydroxyl groups is 2. The van der Waals surface area contributed by atoms with Crippen molar-refractivity contribution in [2.75, 3.05) is 27.2 Å². The predicted molar refractivity (Wildman–Crippen MR) is 160 cm³/mol. The lowest BCUT2D eigenvalue weighted by molar-refractivity contribution is 0.0829. The summed E-state index contributed by atoms with van der Waals surface area (Å²) < 4.78 is 6.14. The van der Waals surface area contributed by atoms with Crippen molar-refractivity contribution < 1.29 is 19.7 Å². The number of benzene rings is 3. The van der Waals surface area contributed by atoms with Crippen LogP contribution >= 0.6 is 36.4 Å². The topological polar surface area (TPSA) is 94.9 Å². The quantitative estimate of drug-likeness (QED) is 0.227. The molecule has 4 rings (SSSR count). The molecule has 3 N–H and O–H groups in total. The summed E-state index contributed by atoms with van der Waals surface area (Å²) in [5.74, 6) is 1.13. The fourth-order valence-electron chi connectivity index (χ4n) is 4.07. The maximum atomic E-state index is 12.6. The van der Waals surface area contributed by atoms with Gasteiger partial charge in [-0.2, -0.15) is 0 Å². The van der Waals surface area contributed by atoms with Crippen molar-refractivity contribution in [3.63, 3.8) is 0 Å². The number of carbonyl (C=O) groups is 1. The summed E-state index contributed by atoms with van der Waals surface area (Å²) in [6, 6.07) is 21.7. The third-order valence-electron chi connectivity index (χ3n) is 6.05. The van der Waals surface area contributed by atoms with Gasteiger partial charge in [-0.15, -0.1) is 24.8 Å². The van der Waals surface area contributed by atoms with Crippen molar-refractivity contribution in [1.29, 1.82) is 0 Å². The second kappa shape index (κ2) is 15.0. The molecule has 2 atom stereocenters. The second-order valence-corrected chi connectivity index (χ2v) is 9.46. The van der Waals surface area contributed by atoms with E-state index in [9.17, 15) is 15.0 Å². The van der Waals surface area contributed by atoms with Crippen molar-refractivity contribution in [3.8, 4) is 11.5 Å². The number of para-hydroxylation sites is 1. The largest absolute Gasteiger partial charge is 0.457 e. The molecule has 0 aliphatic carbocycles. The summed E-state index contributed by atoms with van der Waals surface area (Å²) in [7, 11) is 3.42. The third kappa shape index (κ3) is 8.29. The van der Waals surface area contributed by atoms with Gasteiger partial charge < -0.3 is 25.2 Å². The molecule has 4 aromatic rings. The van der Waals surface area contributed by atoms with Crippen LogP contribution in [0.25, 0.3) is 10.9 Å². The predicted octanol–water partition coefficient (Wildman–Crippen LogP) is 5.45. The Balaban J connectivity index is 0.00000267. The van der Waals surface area contributed by atoms with E-state index in [2.05, 4.69) is 10.3 Å². The van der Waals surface area contributed by atoms with Crippen LogP contribution in [0.5, 0.6) is 11.5 Å². The minimum Gasteiger partial charge on any atom is -0.457 e. The standard InChI is InChI=1S/C29H30ClN3O4.2ClH/c1-33(2)29(36)25-8-4-7-24-27(13-14-31-28(24)25)37-23-11-9-19(10-12-23)15-22(18-34)32-17-26(35)20-5-3-6-21(30)16-20;;/h3-14,16,22,26,32,34-35H,15,17-18H2,1-2H3;2*1H/t22-,26-;;/m0../s1. The molecule has 0 radical (unpaired) electrons. The Hall–Kier alpha value is -2.91. The number of amides is 1. The Morgan fingerprint density at radius 1 is 1.05 bits per heavy atom. The maximum Gasteiger partial charge on any atom is 0.255 e. The lowest BCUT2D eigenvalue weighted by Gasteiger charge is -2.19. The number of aliphatic hydroxyl groups excluding tert-OH is 2. The molecule has 0 unspecified atom stereocenters. The highest BCUT2D eigenvalue weighted by atomic mass is 35.5. The first-order valence-electron chi connectivity index (χ1n) is 12.0. The van der Waals surface area contributed by atoms with E-state index in [-0.39, 0.29) is 43.4 Å². The van der Waals surface area contributed by atoms with E-state index in [4.69, 9.17) is 16.3 Å². The zero-order chi connectivity index (χ0) is 26.4. The van der Waals surface area contributed by atoms with Gasteiger partial charge in [0.15, 0.2) is 0 Å². The maximum absolute atomic E-state index is 12.6. The Kier molecular flexibility index (Phi) is 12.4. The Labute approximate surface area is 245 Å². The van der Waals surface area contributed by atoms with Gasteiger partial charge in [0.25, 0.3) is 5.91 Å². The fourth-order valence-corrected chi connectivity index (χ4v) is 4.27. The minimum absolute atomic E-state index is 0. The number of pyridine rings is 1. The van der Waals surface area contributed by atoms with Crippen LogP contribution in [0.3, 0.4) is 0 Å². The van der Waals surface area contributed by atoms with Crippen molar-refractivity contribution >= 4 is 53.2 Å². The van der Waals surface area contributed by atoms with E-state index < -0.39 is 6.10 Å². The highest BCUT2D eigenvalue weighted by Crippen LogP contribution is 2.31. The van der Waals surface area contributed by atoms with E-state index >= 15 is 0 Å². The molecule has 0 aliphatic heterocycles. The zero-order valence-electron chi connectivity index (χ0n) is 21.6. The molecule has 10 heteroatoms. The normalized spacial score (nSPS) is 12.1. The van der Waals surface area contributed by atoms with Crippen LogP contribution in [-0.4, -0.2) is 59.3 Å². The lowest BCUT2D eigenvalue weighted by Crippen LogP contribution is -2.37. The summed E-state index contributed by atoms with van der Waals surface area (Å²) in [4.78, 5) is 18.5. The SMILES string of the molecule is CN(C)C(=O)c1cccc2c(Oc3ccc(C[C@@H](CO)NC[C@H](O)c4cccc(Cl)c4)cc3)ccnc12.Cl.Cl. The first-order valence-corrected chi connectivity index (χ1v) is 12.4. The number of hydrogen-bond acceptors (Lipinski definition) is 6. The van der Waals surface area contributed by atoms with Crippen LogP contribution in [0.15, 0.2) is 79.0 Å². The minimum atomic E-state index is -0.729. The van der Waals surface area contributed by atoms with Crippen molar-refractivity contribution in [2.24, 2.45) is 0 Å². The van der Waals surface area contributed by atoms with Crippen molar-refractivity contribution in [3.05, 3.63) is 101 Å². The summed E-state index contributed by atoms with van der Waals surface area (Å²) in [6.45, 7) is 0.220. The molecule has 0 spiro atoms. The molecule has 1 amide bonds. The first-order chi connectivity index (χ1) is 17.9. The van der Waals surface area contributed by atoms with E-state index in [1.807, 2.05) is 42.5 Å². The molecule has 1 heterocycles. The molecule has 0 fully saturated rings. The zero-order valence-corrected chi connectivity index (χ0v) is 24.0. The van der Waals surface area contributed by atoms with Crippen LogP contribution in [0, 0.1) is 0 Å². The average Bonchev–Trinajstić information content (AvgIpc) is 2.91. The first kappa shape index (κ1) is 32.3. The van der Waals surface area contributed by atoms with Gasteiger partial charge in [0.1, 0.15) is 11.5 Å². The van der Waals surface area contributed by atoms with Gasteiger partial charge in [-0.05, 0) is 60.0 Å². The van der Waals surface area contributed by atoms with E-state index in [0.29, 0.717) is 40.6 Å². The van der Waals surface area contributed by atoms with E-state index in [0.717, 1.165) is 16.5 Å². The van der Waals surface area contributed by atoms with E-state index in [1.54, 1.807) is 50.6 Å². The molecule has 3 aromatic carbocycles. The summed E-state index contributed by atoms with van der Waals surface area (Å²) in [6.07, 6.45) is 1.48. The van der Waals surface area contributed by atoms with Crippen molar-refractivity contribution in [2.45, 2.75) is 18.6 Å². The number of fused-ring (bicyclic) bond motifs is 1. The average molecular weight is 593 g/mol. The van der Waals surface area contributed by atoms with Gasteiger partial charge in [0.05, 0.1) is 23.8 Å². The Morgan fingerprint density at radius 3 is 2.44 bits per heavy atom. The number of nitrogens with one attached hydrogen (secondary N) is 1. The molecule has 208 valence electrons. The van der Waals surface area contributed by atoms with Gasteiger partial charge in [-0.1, -0.05) is 41.9 Å². The van der Waals surface area contributed by atoms with Crippen LogP contribution < -0.4 is 10.1 Å². The van der Waals surface area contributed by atoms with Gasteiger partial charge >= 0.3 is 0 Å². The van der Waals surface area contributed by atoms with E-state index in [1.165, 1.54) is 4.90 Å². The fraction of sp³-hybridized carbons (Fsp3) is 0.241. The molecule has 39 heavy (non-hydrogen) atoms. The summed E-state index contributed by atoms with van der Waals surface area (Å²) in [5.41, 5.74) is 2.84. The number of ether oxygens (including phenoxy) is 1. The molecule has 7 nitrogen and oxygen atoms in total. The number of halogens is 3. The van der Waals surface area contributed by atoms with Crippen LogP contribution in [0.2, 0.25) is 5.02 Å². The second-order valence-electron chi connectivity index (χ2n) is 9.02. The molecule has 0 saturated carbocycles. The monoisotopic (exact) mass is 591 g/mol. The molecule has 0 saturated heterocycles. The highest BCUT2D eigenvalue weighted by molar-refractivity contribution is 6.30. The Morgan fingerprint density at radius 2 is 1.77 bits per heavy atom. The lowest BCUT2D eigenvalue weighted by atomic mass is 10.0.